The molecule has 2 aromatic carbocycles. The second-order valence-corrected chi connectivity index (χ2v) is 6.32. The molecule has 1 amide bonds. The van der Waals surface area contributed by atoms with Crippen LogP contribution in [0.1, 0.15) is 27.5 Å². The topological polar surface area (TPSA) is 44.4 Å². The number of hydrogen-bond acceptors (Lipinski definition) is 3. The number of benzene rings is 2. The normalized spacial score (nSPS) is 19.7. The summed E-state index contributed by atoms with van der Waals surface area (Å²) in [6, 6.07) is 12.2. The predicted octanol–water partition coefficient (Wildman–Crippen LogP) is 2.58. The summed E-state index contributed by atoms with van der Waals surface area (Å²) in [4.78, 5) is 14.9. The Labute approximate surface area is 140 Å². The van der Waals surface area contributed by atoms with Crippen molar-refractivity contribution in [3.05, 3.63) is 65.0 Å². The van der Waals surface area contributed by atoms with Crippen LogP contribution < -0.4 is 10.6 Å². The van der Waals surface area contributed by atoms with Crippen LogP contribution in [0.5, 0.6) is 0 Å². The second kappa shape index (κ2) is 6.24. The molecule has 124 valence electrons. The minimum atomic E-state index is -0.269. The van der Waals surface area contributed by atoms with Crippen molar-refractivity contribution in [1.29, 1.82) is 0 Å². The number of nitrogens with one attached hydrogen (secondary N) is 2. The van der Waals surface area contributed by atoms with E-state index in [0.717, 1.165) is 30.8 Å². The van der Waals surface area contributed by atoms with E-state index in [-0.39, 0.29) is 17.8 Å². The van der Waals surface area contributed by atoms with E-state index in [1.165, 1.54) is 17.7 Å². The largest absolute Gasteiger partial charge is 0.384 e. The van der Waals surface area contributed by atoms with Gasteiger partial charge in [0.15, 0.2) is 0 Å². The lowest BCUT2D eigenvalue weighted by Crippen LogP contribution is -2.48. The van der Waals surface area contributed by atoms with Gasteiger partial charge in [-0.1, -0.05) is 12.1 Å². The third-order valence-corrected chi connectivity index (χ3v) is 4.80. The number of hydrogen-bond donors (Lipinski definition) is 2. The van der Waals surface area contributed by atoms with Gasteiger partial charge in [-0.15, -0.1) is 0 Å². The standard InChI is InChI=1S/C19H20FN3O/c20-16-3-1-2-14(11-16)18-12-21-8-9-23(18)19(24)15-4-5-17-13(10-15)6-7-22-17/h1-5,10-11,18,21-22H,6-9,12H2. The van der Waals surface area contributed by atoms with Crippen molar-refractivity contribution in [2.75, 3.05) is 31.5 Å². The first kappa shape index (κ1) is 15.1. The molecule has 0 bridgehead atoms. The zero-order chi connectivity index (χ0) is 16.5. The molecule has 2 aromatic rings. The van der Waals surface area contributed by atoms with Crippen molar-refractivity contribution in [2.24, 2.45) is 0 Å². The van der Waals surface area contributed by atoms with Crippen molar-refractivity contribution >= 4 is 11.6 Å². The second-order valence-electron chi connectivity index (χ2n) is 6.32. The Morgan fingerprint density at radius 3 is 2.96 bits per heavy atom. The van der Waals surface area contributed by atoms with Crippen LogP contribution in [0.2, 0.25) is 0 Å². The van der Waals surface area contributed by atoms with E-state index >= 15 is 0 Å². The summed E-state index contributed by atoms with van der Waals surface area (Å²) in [6.07, 6.45) is 0.950. The highest BCUT2D eigenvalue weighted by atomic mass is 19.1. The number of anilines is 1. The minimum absolute atomic E-state index is 0.0143. The maximum Gasteiger partial charge on any atom is 0.254 e. The first-order chi connectivity index (χ1) is 11.7. The summed E-state index contributed by atoms with van der Waals surface area (Å²) in [5, 5.41) is 6.61. The van der Waals surface area contributed by atoms with Gasteiger partial charge in [0.1, 0.15) is 5.82 Å². The van der Waals surface area contributed by atoms with Gasteiger partial charge in [-0.3, -0.25) is 4.79 Å². The van der Waals surface area contributed by atoms with E-state index in [1.807, 2.05) is 29.2 Å². The van der Waals surface area contributed by atoms with Crippen molar-refractivity contribution < 1.29 is 9.18 Å². The zero-order valence-corrected chi connectivity index (χ0v) is 13.4. The molecule has 24 heavy (non-hydrogen) atoms. The molecule has 1 unspecified atom stereocenters. The number of fused-ring (bicyclic) bond motifs is 1. The smallest absolute Gasteiger partial charge is 0.254 e. The fraction of sp³-hybridized carbons (Fsp3) is 0.316. The van der Waals surface area contributed by atoms with Crippen LogP contribution in [0, 0.1) is 5.82 Å². The molecule has 2 heterocycles. The molecular weight excluding hydrogens is 305 g/mol. The molecule has 0 radical (unpaired) electrons. The van der Waals surface area contributed by atoms with Crippen LogP contribution in [-0.4, -0.2) is 37.0 Å². The van der Waals surface area contributed by atoms with Gasteiger partial charge in [-0.2, -0.15) is 0 Å². The Balaban J connectivity index is 1.64. The van der Waals surface area contributed by atoms with Gasteiger partial charge in [-0.25, -0.2) is 4.39 Å². The lowest BCUT2D eigenvalue weighted by atomic mass is 10.0. The van der Waals surface area contributed by atoms with Crippen molar-refractivity contribution in [3.63, 3.8) is 0 Å². The fourth-order valence-electron chi connectivity index (χ4n) is 3.56. The van der Waals surface area contributed by atoms with Crippen LogP contribution in [0.25, 0.3) is 0 Å². The summed E-state index contributed by atoms with van der Waals surface area (Å²) in [5.74, 6) is -0.255. The van der Waals surface area contributed by atoms with Crippen LogP contribution >= 0.6 is 0 Å². The Kier molecular flexibility index (Phi) is 3.94. The maximum absolute atomic E-state index is 13.6. The summed E-state index contributed by atoms with van der Waals surface area (Å²) >= 11 is 0. The number of nitrogens with zero attached hydrogens (tertiary/aromatic N) is 1. The van der Waals surface area contributed by atoms with Gasteiger partial charge in [0.25, 0.3) is 5.91 Å². The molecule has 1 fully saturated rings. The molecule has 0 spiro atoms. The zero-order valence-electron chi connectivity index (χ0n) is 13.4. The third-order valence-electron chi connectivity index (χ3n) is 4.80. The summed E-state index contributed by atoms with van der Waals surface area (Å²) < 4.78 is 13.6. The fourth-order valence-corrected chi connectivity index (χ4v) is 3.56. The SMILES string of the molecule is O=C(c1ccc2c(c1)CCN2)N1CCNCC1c1cccc(F)c1. The molecule has 2 N–H and O–H groups in total. The highest BCUT2D eigenvalue weighted by Gasteiger charge is 2.29. The number of amides is 1. The molecule has 4 nitrogen and oxygen atoms in total. The van der Waals surface area contributed by atoms with Crippen LogP contribution in [0.15, 0.2) is 42.5 Å². The highest BCUT2D eigenvalue weighted by molar-refractivity contribution is 5.95. The van der Waals surface area contributed by atoms with Crippen LogP contribution in [0.4, 0.5) is 10.1 Å². The Hall–Kier alpha value is -2.40. The first-order valence-corrected chi connectivity index (χ1v) is 8.36. The Morgan fingerprint density at radius 1 is 1.17 bits per heavy atom. The van der Waals surface area contributed by atoms with Gasteiger partial charge in [-0.05, 0) is 47.9 Å². The number of carbonyl (C=O) groups is 1. The number of halogens is 1. The monoisotopic (exact) mass is 325 g/mol. The van der Waals surface area contributed by atoms with Gasteiger partial charge in [0, 0.05) is 37.4 Å². The van der Waals surface area contributed by atoms with Crippen molar-refractivity contribution in [1.82, 2.24) is 10.2 Å². The molecular formula is C19H20FN3O. The molecule has 2 aliphatic rings. The lowest BCUT2D eigenvalue weighted by Gasteiger charge is -2.36. The average molecular weight is 325 g/mol. The molecule has 1 saturated heterocycles. The van der Waals surface area contributed by atoms with E-state index in [9.17, 15) is 9.18 Å². The molecule has 0 aliphatic carbocycles. The van der Waals surface area contributed by atoms with Crippen LogP contribution in [0.3, 0.4) is 0 Å². The maximum atomic E-state index is 13.6. The number of piperazine rings is 1. The van der Waals surface area contributed by atoms with E-state index in [1.54, 1.807) is 6.07 Å². The lowest BCUT2D eigenvalue weighted by molar-refractivity contribution is 0.0634. The Bertz CT molecular complexity index is 777. The van der Waals surface area contributed by atoms with E-state index in [0.29, 0.717) is 18.7 Å². The minimum Gasteiger partial charge on any atom is -0.384 e. The highest BCUT2D eigenvalue weighted by Crippen LogP contribution is 2.27. The van der Waals surface area contributed by atoms with E-state index < -0.39 is 0 Å². The van der Waals surface area contributed by atoms with Gasteiger partial charge < -0.3 is 15.5 Å². The predicted molar refractivity (Wildman–Crippen MR) is 91.7 cm³/mol. The average Bonchev–Trinajstić information content (AvgIpc) is 3.09. The Morgan fingerprint density at radius 2 is 2.08 bits per heavy atom. The molecule has 0 saturated carbocycles. The molecule has 4 rings (SSSR count). The quantitative estimate of drug-likeness (QED) is 0.892. The van der Waals surface area contributed by atoms with Crippen LogP contribution in [-0.2, 0) is 6.42 Å². The summed E-state index contributed by atoms with van der Waals surface area (Å²) in [5.41, 5.74) is 3.85. The van der Waals surface area contributed by atoms with Crippen molar-refractivity contribution in [3.8, 4) is 0 Å². The van der Waals surface area contributed by atoms with Crippen molar-refractivity contribution in [2.45, 2.75) is 12.5 Å². The number of carbonyl (C=O) groups excluding carboxylic acids is 1. The molecule has 1 atom stereocenters. The van der Waals surface area contributed by atoms with Gasteiger partial charge >= 0.3 is 0 Å². The van der Waals surface area contributed by atoms with Gasteiger partial charge in [0.2, 0.25) is 0 Å². The van der Waals surface area contributed by atoms with E-state index in [4.69, 9.17) is 0 Å². The first-order valence-electron chi connectivity index (χ1n) is 8.36. The molecule has 2 aliphatic heterocycles. The summed E-state index contributed by atoms with van der Waals surface area (Å²) in [6.45, 7) is 2.94. The summed E-state index contributed by atoms with van der Waals surface area (Å²) in [7, 11) is 0. The third kappa shape index (κ3) is 2.76. The van der Waals surface area contributed by atoms with Gasteiger partial charge in [0.05, 0.1) is 6.04 Å². The number of rotatable bonds is 2. The molecule has 0 aromatic heterocycles. The van der Waals surface area contributed by atoms with E-state index in [2.05, 4.69) is 10.6 Å². The molecule has 5 heteroatoms.